The molecule has 94 valence electrons. The maximum Gasteiger partial charge on any atom is 0.168 e. The maximum atomic E-state index is 12.3. The van der Waals surface area contributed by atoms with Gasteiger partial charge in [-0.05, 0) is 43.5 Å². The summed E-state index contributed by atoms with van der Waals surface area (Å²) in [5.74, 6) is 0.223. The predicted molar refractivity (Wildman–Crippen MR) is 77.6 cm³/mol. The van der Waals surface area contributed by atoms with Gasteiger partial charge in [0.05, 0.1) is 0 Å². The van der Waals surface area contributed by atoms with Crippen molar-refractivity contribution in [3.8, 4) is 0 Å². The van der Waals surface area contributed by atoms with Crippen molar-refractivity contribution in [3.63, 3.8) is 0 Å². The Kier molecular flexibility index (Phi) is 3.97. The Balaban J connectivity index is 2.19. The lowest BCUT2D eigenvalue weighted by Gasteiger charge is -2.06. The number of carbonyl (C=O) groups is 1. The average molecular weight is 258 g/mol. The van der Waals surface area contributed by atoms with Gasteiger partial charge in [0, 0.05) is 21.7 Å². The van der Waals surface area contributed by atoms with E-state index >= 15 is 0 Å². The summed E-state index contributed by atoms with van der Waals surface area (Å²) in [5.41, 5.74) is 3.15. The number of ketones is 1. The molecule has 0 N–H and O–H groups in total. The van der Waals surface area contributed by atoms with Gasteiger partial charge >= 0.3 is 0 Å². The number of thiophene rings is 1. The molecule has 0 aliphatic heterocycles. The van der Waals surface area contributed by atoms with Gasteiger partial charge < -0.3 is 0 Å². The predicted octanol–water partition coefficient (Wildman–Crippen LogP) is 4.35. The molecule has 0 aliphatic rings. The molecule has 0 amide bonds. The van der Waals surface area contributed by atoms with E-state index in [2.05, 4.69) is 19.1 Å². The van der Waals surface area contributed by atoms with Crippen LogP contribution in [0.2, 0.25) is 0 Å². The SMILES string of the molecule is CCc1ccc(CC(=O)c2cccc(C)c2C)s1. The van der Waals surface area contributed by atoms with Crippen molar-refractivity contribution in [1.29, 1.82) is 0 Å². The topological polar surface area (TPSA) is 17.1 Å². The molecule has 0 bridgehead atoms. The first kappa shape index (κ1) is 13.0. The van der Waals surface area contributed by atoms with Crippen LogP contribution in [-0.2, 0) is 12.8 Å². The summed E-state index contributed by atoms with van der Waals surface area (Å²) in [5, 5.41) is 0. The fraction of sp³-hybridized carbons (Fsp3) is 0.312. The van der Waals surface area contributed by atoms with E-state index in [1.54, 1.807) is 11.3 Å². The Hall–Kier alpha value is -1.41. The van der Waals surface area contributed by atoms with E-state index in [0.717, 1.165) is 22.4 Å². The van der Waals surface area contributed by atoms with Gasteiger partial charge in [0.2, 0.25) is 0 Å². The molecule has 1 heterocycles. The second-order valence-corrected chi connectivity index (χ2v) is 5.82. The Morgan fingerprint density at radius 3 is 2.50 bits per heavy atom. The molecule has 0 radical (unpaired) electrons. The number of hydrogen-bond donors (Lipinski definition) is 0. The fourth-order valence-electron chi connectivity index (χ4n) is 2.01. The number of carbonyl (C=O) groups excluding carboxylic acids is 1. The normalized spacial score (nSPS) is 10.6. The molecule has 0 aliphatic carbocycles. The number of aryl methyl sites for hydroxylation is 2. The molecule has 1 aromatic carbocycles. The molecule has 0 spiro atoms. The van der Waals surface area contributed by atoms with Crippen LogP contribution in [0.1, 0.15) is 38.2 Å². The first-order valence-electron chi connectivity index (χ1n) is 6.28. The van der Waals surface area contributed by atoms with Crippen LogP contribution in [-0.4, -0.2) is 5.78 Å². The lowest BCUT2D eigenvalue weighted by molar-refractivity contribution is 0.0993. The standard InChI is InChI=1S/C16H18OS/c1-4-13-8-9-14(18-13)10-16(17)15-7-5-6-11(2)12(15)3/h5-9H,4,10H2,1-3H3. The third kappa shape index (κ3) is 2.70. The first-order valence-corrected chi connectivity index (χ1v) is 7.10. The van der Waals surface area contributed by atoms with Gasteiger partial charge in [-0.15, -0.1) is 11.3 Å². The van der Waals surface area contributed by atoms with Crippen LogP contribution in [0, 0.1) is 13.8 Å². The average Bonchev–Trinajstić information content (AvgIpc) is 2.80. The van der Waals surface area contributed by atoms with E-state index in [9.17, 15) is 4.79 Å². The lowest BCUT2D eigenvalue weighted by atomic mass is 9.98. The number of rotatable bonds is 4. The Morgan fingerprint density at radius 1 is 1.11 bits per heavy atom. The lowest BCUT2D eigenvalue weighted by Crippen LogP contribution is -2.05. The van der Waals surface area contributed by atoms with Crippen LogP contribution in [0.3, 0.4) is 0 Å². The van der Waals surface area contributed by atoms with Crippen LogP contribution >= 0.6 is 11.3 Å². The first-order chi connectivity index (χ1) is 8.61. The molecular weight excluding hydrogens is 240 g/mol. The smallest absolute Gasteiger partial charge is 0.168 e. The van der Waals surface area contributed by atoms with Gasteiger partial charge in [-0.3, -0.25) is 4.79 Å². The molecule has 2 rings (SSSR count). The summed E-state index contributed by atoms with van der Waals surface area (Å²) in [4.78, 5) is 14.8. The van der Waals surface area contributed by atoms with Crippen molar-refractivity contribution in [2.75, 3.05) is 0 Å². The highest BCUT2D eigenvalue weighted by molar-refractivity contribution is 7.12. The summed E-state index contributed by atoms with van der Waals surface area (Å²) in [6.07, 6.45) is 1.57. The molecule has 0 unspecified atom stereocenters. The Morgan fingerprint density at radius 2 is 1.83 bits per heavy atom. The highest BCUT2D eigenvalue weighted by atomic mass is 32.1. The van der Waals surface area contributed by atoms with E-state index in [-0.39, 0.29) is 5.78 Å². The largest absolute Gasteiger partial charge is 0.294 e. The van der Waals surface area contributed by atoms with Gasteiger partial charge in [-0.25, -0.2) is 0 Å². The molecule has 1 nitrogen and oxygen atoms in total. The zero-order chi connectivity index (χ0) is 13.1. The third-order valence-corrected chi connectivity index (χ3v) is 4.54. The van der Waals surface area contributed by atoms with Crippen LogP contribution in [0.5, 0.6) is 0 Å². The molecular formula is C16H18OS. The second-order valence-electron chi connectivity index (χ2n) is 4.57. The molecule has 0 saturated heterocycles. The molecule has 0 atom stereocenters. The second kappa shape index (κ2) is 5.49. The van der Waals surface area contributed by atoms with Crippen molar-refractivity contribution < 1.29 is 4.79 Å². The summed E-state index contributed by atoms with van der Waals surface area (Å²) in [6, 6.07) is 10.1. The van der Waals surface area contributed by atoms with Crippen LogP contribution in [0.25, 0.3) is 0 Å². The fourth-order valence-corrected chi connectivity index (χ4v) is 2.97. The van der Waals surface area contributed by atoms with E-state index in [1.807, 2.05) is 32.0 Å². The van der Waals surface area contributed by atoms with Gasteiger partial charge in [-0.1, -0.05) is 25.1 Å². The summed E-state index contributed by atoms with van der Waals surface area (Å²) >= 11 is 1.75. The van der Waals surface area contributed by atoms with Gasteiger partial charge in [0.25, 0.3) is 0 Å². The van der Waals surface area contributed by atoms with Crippen LogP contribution in [0.15, 0.2) is 30.3 Å². The van der Waals surface area contributed by atoms with Crippen LogP contribution < -0.4 is 0 Å². The van der Waals surface area contributed by atoms with E-state index in [0.29, 0.717) is 6.42 Å². The quantitative estimate of drug-likeness (QED) is 0.745. The number of Topliss-reactive ketones (excluding diaryl/α,β-unsaturated/α-hetero) is 1. The zero-order valence-electron chi connectivity index (χ0n) is 11.1. The minimum absolute atomic E-state index is 0.223. The molecule has 18 heavy (non-hydrogen) atoms. The van der Waals surface area contributed by atoms with Gasteiger partial charge in [0.1, 0.15) is 0 Å². The number of benzene rings is 1. The van der Waals surface area contributed by atoms with E-state index < -0.39 is 0 Å². The number of hydrogen-bond acceptors (Lipinski definition) is 2. The summed E-state index contributed by atoms with van der Waals surface area (Å²) in [6.45, 7) is 6.21. The third-order valence-electron chi connectivity index (χ3n) is 3.31. The molecule has 1 aromatic heterocycles. The molecule has 2 aromatic rings. The molecule has 0 saturated carbocycles. The van der Waals surface area contributed by atoms with Crippen molar-refractivity contribution in [2.45, 2.75) is 33.6 Å². The summed E-state index contributed by atoms with van der Waals surface area (Å²) in [7, 11) is 0. The minimum Gasteiger partial charge on any atom is -0.294 e. The van der Waals surface area contributed by atoms with Crippen molar-refractivity contribution in [3.05, 3.63) is 56.8 Å². The summed E-state index contributed by atoms with van der Waals surface area (Å²) < 4.78 is 0. The molecule has 0 fully saturated rings. The van der Waals surface area contributed by atoms with Crippen molar-refractivity contribution in [2.24, 2.45) is 0 Å². The van der Waals surface area contributed by atoms with Crippen LogP contribution in [0.4, 0.5) is 0 Å². The van der Waals surface area contributed by atoms with Crippen molar-refractivity contribution in [1.82, 2.24) is 0 Å². The van der Waals surface area contributed by atoms with Gasteiger partial charge in [0.15, 0.2) is 5.78 Å². The minimum atomic E-state index is 0.223. The van der Waals surface area contributed by atoms with Gasteiger partial charge in [-0.2, -0.15) is 0 Å². The van der Waals surface area contributed by atoms with E-state index in [1.165, 1.54) is 10.4 Å². The highest BCUT2D eigenvalue weighted by Crippen LogP contribution is 2.20. The monoisotopic (exact) mass is 258 g/mol. The molecule has 2 heteroatoms. The Labute approximate surface area is 112 Å². The maximum absolute atomic E-state index is 12.3. The van der Waals surface area contributed by atoms with E-state index in [4.69, 9.17) is 0 Å². The Bertz CT molecular complexity index is 566. The zero-order valence-corrected chi connectivity index (χ0v) is 11.9. The van der Waals surface area contributed by atoms with Crippen molar-refractivity contribution >= 4 is 17.1 Å². The highest BCUT2D eigenvalue weighted by Gasteiger charge is 2.12.